The van der Waals surface area contributed by atoms with Crippen LogP contribution in [0.4, 0.5) is 5.69 Å². The molecule has 0 aromatic heterocycles. The Hall–Kier alpha value is -3.41. The maximum atomic E-state index is 12.7. The number of likely N-dealkylation sites (tertiary alicyclic amines) is 1. The molecule has 156 valence electrons. The van der Waals surface area contributed by atoms with Crippen molar-refractivity contribution in [3.63, 3.8) is 0 Å². The van der Waals surface area contributed by atoms with Crippen molar-refractivity contribution in [1.82, 2.24) is 4.90 Å². The molecular weight excluding hydrogens is 374 g/mol. The van der Waals surface area contributed by atoms with Crippen LogP contribution in [0.5, 0.6) is 0 Å². The molecule has 0 saturated carbocycles. The van der Waals surface area contributed by atoms with Crippen LogP contribution in [-0.2, 0) is 11.2 Å². The summed E-state index contributed by atoms with van der Waals surface area (Å²) in [6, 6.07) is 15.8. The first kappa shape index (κ1) is 21.3. The smallest absolute Gasteiger partial charge is 0.227 e. The summed E-state index contributed by atoms with van der Waals surface area (Å²) in [6.07, 6.45) is 5.30. The van der Waals surface area contributed by atoms with Crippen molar-refractivity contribution < 1.29 is 4.79 Å². The minimum Gasteiger partial charge on any atom is -0.404 e. The van der Waals surface area contributed by atoms with Crippen LogP contribution in [0.3, 0.4) is 0 Å². The number of allylic oxidation sites excluding steroid dienone is 1. The van der Waals surface area contributed by atoms with Crippen LogP contribution < -0.4 is 11.1 Å². The third kappa shape index (κ3) is 4.95. The van der Waals surface area contributed by atoms with E-state index in [2.05, 4.69) is 12.2 Å². The third-order valence-corrected chi connectivity index (χ3v) is 5.64. The first-order valence-corrected chi connectivity index (χ1v) is 10.2. The average molecular weight is 404 g/mol. The Kier molecular flexibility index (Phi) is 7.01. The SMILES string of the molecule is CC1CC(CNc2ccc(/C(C=N)=C/N)cc2C=N)CN1C(=O)Cc1ccccc1. The fourth-order valence-electron chi connectivity index (χ4n) is 4.01. The van der Waals surface area contributed by atoms with Crippen LogP contribution >= 0.6 is 0 Å². The van der Waals surface area contributed by atoms with Crippen molar-refractivity contribution in [2.45, 2.75) is 25.8 Å². The van der Waals surface area contributed by atoms with E-state index in [9.17, 15) is 4.79 Å². The lowest BCUT2D eigenvalue weighted by atomic mass is 10.0. The molecule has 5 N–H and O–H groups in total. The molecule has 2 unspecified atom stereocenters. The number of amides is 1. The molecule has 1 aliphatic heterocycles. The van der Waals surface area contributed by atoms with Gasteiger partial charge in [-0.2, -0.15) is 0 Å². The first-order chi connectivity index (χ1) is 14.5. The van der Waals surface area contributed by atoms with Gasteiger partial charge < -0.3 is 26.8 Å². The first-order valence-electron chi connectivity index (χ1n) is 10.2. The summed E-state index contributed by atoms with van der Waals surface area (Å²) >= 11 is 0. The van der Waals surface area contributed by atoms with E-state index in [1.165, 1.54) is 18.6 Å². The molecule has 2 atom stereocenters. The average Bonchev–Trinajstić information content (AvgIpc) is 3.14. The summed E-state index contributed by atoms with van der Waals surface area (Å²) in [6.45, 7) is 3.59. The Morgan fingerprint density at radius 2 is 2.00 bits per heavy atom. The van der Waals surface area contributed by atoms with Crippen molar-refractivity contribution >= 4 is 29.6 Å². The Labute approximate surface area is 177 Å². The fraction of sp³-hybridized carbons (Fsp3) is 0.292. The molecule has 1 amide bonds. The Morgan fingerprint density at radius 3 is 2.67 bits per heavy atom. The maximum Gasteiger partial charge on any atom is 0.227 e. The molecule has 2 aromatic rings. The number of anilines is 1. The van der Waals surface area contributed by atoms with Crippen LogP contribution in [0.15, 0.2) is 54.7 Å². The zero-order chi connectivity index (χ0) is 21.5. The summed E-state index contributed by atoms with van der Waals surface area (Å²) < 4.78 is 0. The van der Waals surface area contributed by atoms with E-state index in [-0.39, 0.29) is 11.9 Å². The Balaban J connectivity index is 1.61. The lowest BCUT2D eigenvalue weighted by molar-refractivity contribution is -0.131. The highest BCUT2D eigenvalue weighted by Crippen LogP contribution is 2.26. The van der Waals surface area contributed by atoms with E-state index in [4.69, 9.17) is 16.6 Å². The van der Waals surface area contributed by atoms with Crippen LogP contribution in [-0.4, -0.2) is 42.4 Å². The van der Waals surface area contributed by atoms with E-state index in [1.54, 1.807) is 0 Å². The molecule has 0 bridgehead atoms. The van der Waals surface area contributed by atoms with E-state index >= 15 is 0 Å². The minimum absolute atomic E-state index is 0.175. The van der Waals surface area contributed by atoms with E-state index < -0.39 is 0 Å². The second kappa shape index (κ2) is 9.87. The molecule has 1 aliphatic rings. The minimum atomic E-state index is 0.175. The van der Waals surface area contributed by atoms with Gasteiger partial charge in [-0.05, 0) is 42.5 Å². The fourth-order valence-corrected chi connectivity index (χ4v) is 4.01. The highest BCUT2D eigenvalue weighted by atomic mass is 16.2. The van der Waals surface area contributed by atoms with Crippen molar-refractivity contribution in [2.24, 2.45) is 11.7 Å². The molecule has 1 fully saturated rings. The lowest BCUT2D eigenvalue weighted by Gasteiger charge is -2.21. The summed E-state index contributed by atoms with van der Waals surface area (Å²) in [5, 5.41) is 18.6. The van der Waals surface area contributed by atoms with Gasteiger partial charge in [0, 0.05) is 54.6 Å². The van der Waals surface area contributed by atoms with Gasteiger partial charge in [-0.25, -0.2) is 0 Å². The van der Waals surface area contributed by atoms with Crippen molar-refractivity contribution in [1.29, 1.82) is 10.8 Å². The van der Waals surface area contributed by atoms with Gasteiger partial charge in [0.25, 0.3) is 0 Å². The normalized spacial score (nSPS) is 18.8. The molecule has 1 heterocycles. The summed E-state index contributed by atoms with van der Waals surface area (Å²) in [5.41, 5.74) is 9.65. The highest BCUT2D eigenvalue weighted by Gasteiger charge is 2.32. The van der Waals surface area contributed by atoms with Gasteiger partial charge in [-0.1, -0.05) is 36.4 Å². The van der Waals surface area contributed by atoms with Crippen LogP contribution in [0.1, 0.15) is 30.0 Å². The topological polar surface area (TPSA) is 106 Å². The number of hydrogen-bond donors (Lipinski definition) is 4. The number of carbonyl (C=O) groups is 1. The molecule has 0 spiro atoms. The Bertz CT molecular complexity index is 938. The van der Waals surface area contributed by atoms with Gasteiger partial charge in [0.15, 0.2) is 0 Å². The predicted octanol–water partition coefficient (Wildman–Crippen LogP) is 3.53. The van der Waals surface area contributed by atoms with Crippen molar-refractivity contribution in [3.05, 3.63) is 71.4 Å². The molecule has 1 saturated heterocycles. The molecule has 0 aliphatic carbocycles. The number of rotatable bonds is 8. The number of carbonyl (C=O) groups excluding carboxylic acids is 1. The summed E-state index contributed by atoms with van der Waals surface area (Å²) in [5.74, 6) is 0.535. The van der Waals surface area contributed by atoms with Gasteiger partial charge in [0.2, 0.25) is 5.91 Å². The largest absolute Gasteiger partial charge is 0.404 e. The number of nitrogens with two attached hydrogens (primary N) is 1. The third-order valence-electron chi connectivity index (χ3n) is 5.64. The zero-order valence-electron chi connectivity index (χ0n) is 17.3. The van der Waals surface area contributed by atoms with Gasteiger partial charge in [-0.3, -0.25) is 4.79 Å². The summed E-state index contributed by atoms with van der Waals surface area (Å²) in [4.78, 5) is 14.7. The summed E-state index contributed by atoms with van der Waals surface area (Å²) in [7, 11) is 0. The van der Waals surface area contributed by atoms with Crippen molar-refractivity contribution in [2.75, 3.05) is 18.4 Å². The molecular formula is C24H29N5O. The van der Waals surface area contributed by atoms with Gasteiger partial charge >= 0.3 is 0 Å². The van der Waals surface area contributed by atoms with Crippen LogP contribution in [0, 0.1) is 16.7 Å². The van der Waals surface area contributed by atoms with Gasteiger partial charge in [0.1, 0.15) is 0 Å². The van der Waals surface area contributed by atoms with E-state index in [0.717, 1.165) is 41.9 Å². The van der Waals surface area contributed by atoms with Crippen LogP contribution in [0.25, 0.3) is 5.57 Å². The Morgan fingerprint density at radius 1 is 1.23 bits per heavy atom. The second-order valence-electron chi connectivity index (χ2n) is 7.75. The number of nitrogens with zero attached hydrogens (tertiary/aromatic N) is 1. The zero-order valence-corrected chi connectivity index (χ0v) is 17.3. The standard InChI is InChI=1S/C24H29N5O/c1-17-9-19(16-29(17)24(30)10-18-5-3-2-4-6-18)15-28-23-8-7-20(11-21(23)12-25)22(13-26)14-27/h2-8,11-14,17,19,25-26,28H,9-10,15-16,27H2,1H3/b22-14+,25-12?,26-13?. The number of hydrogen-bond acceptors (Lipinski definition) is 5. The molecule has 6 heteroatoms. The maximum absolute atomic E-state index is 12.7. The highest BCUT2D eigenvalue weighted by molar-refractivity contribution is 6.08. The predicted molar refractivity (Wildman–Crippen MR) is 123 cm³/mol. The molecule has 6 nitrogen and oxygen atoms in total. The molecule has 30 heavy (non-hydrogen) atoms. The molecule has 3 rings (SSSR count). The lowest BCUT2D eigenvalue weighted by Crippen LogP contribution is -2.35. The van der Waals surface area contributed by atoms with E-state index in [0.29, 0.717) is 17.9 Å². The van der Waals surface area contributed by atoms with Crippen molar-refractivity contribution in [3.8, 4) is 0 Å². The van der Waals surface area contributed by atoms with Gasteiger partial charge in [-0.15, -0.1) is 0 Å². The number of nitrogens with one attached hydrogen (secondary N) is 3. The van der Waals surface area contributed by atoms with E-state index in [1.807, 2.05) is 53.4 Å². The quantitative estimate of drug-likeness (QED) is 0.507. The van der Waals surface area contributed by atoms with Gasteiger partial charge in [0.05, 0.1) is 6.42 Å². The van der Waals surface area contributed by atoms with Crippen LogP contribution in [0.2, 0.25) is 0 Å². The number of benzene rings is 2. The molecule has 2 aromatic carbocycles. The molecule has 0 radical (unpaired) electrons. The monoisotopic (exact) mass is 403 g/mol. The second-order valence-corrected chi connectivity index (χ2v) is 7.75.